The van der Waals surface area contributed by atoms with Crippen LogP contribution in [0.2, 0.25) is 0 Å². The molecule has 2 unspecified atom stereocenters. The molecule has 0 radical (unpaired) electrons. The first-order chi connectivity index (χ1) is 8.84. The van der Waals surface area contributed by atoms with Crippen LogP contribution in [0.3, 0.4) is 0 Å². The van der Waals surface area contributed by atoms with E-state index in [0.29, 0.717) is 11.8 Å². The number of rotatable bonds is 2. The van der Waals surface area contributed by atoms with E-state index in [1.54, 1.807) is 0 Å². The normalized spacial score (nSPS) is 24.1. The minimum absolute atomic E-state index is 0.602. The van der Waals surface area contributed by atoms with E-state index >= 15 is 0 Å². The lowest BCUT2D eigenvalue weighted by Gasteiger charge is -2.32. The van der Waals surface area contributed by atoms with Gasteiger partial charge in [-0.2, -0.15) is 0 Å². The number of benzene rings is 1. The first-order valence-corrected chi connectivity index (χ1v) is 8.01. The van der Waals surface area contributed by atoms with Crippen LogP contribution in [0, 0.1) is 0 Å². The standard InChI is InChI=1S/C15H16BrNS/c16-12-8-15(18-10-12)13-6-7-17-9-14(13)11-4-2-1-3-5-11/h1-5,8,10,13-14,17H,6-7,9H2. The summed E-state index contributed by atoms with van der Waals surface area (Å²) in [5.41, 5.74) is 1.46. The summed E-state index contributed by atoms with van der Waals surface area (Å²) in [6, 6.07) is 13.2. The fraction of sp³-hybridized carbons (Fsp3) is 0.333. The Morgan fingerprint density at radius 3 is 2.72 bits per heavy atom. The van der Waals surface area contributed by atoms with Crippen LogP contribution in [0.15, 0.2) is 46.3 Å². The molecule has 0 spiro atoms. The van der Waals surface area contributed by atoms with Crippen molar-refractivity contribution in [1.29, 1.82) is 0 Å². The number of piperidine rings is 1. The van der Waals surface area contributed by atoms with Gasteiger partial charge in [0.05, 0.1) is 0 Å². The first kappa shape index (κ1) is 12.4. The van der Waals surface area contributed by atoms with Gasteiger partial charge in [-0.15, -0.1) is 11.3 Å². The molecule has 3 rings (SSSR count). The van der Waals surface area contributed by atoms with Gasteiger partial charge in [0, 0.05) is 33.1 Å². The molecule has 0 amide bonds. The van der Waals surface area contributed by atoms with Crippen molar-refractivity contribution in [1.82, 2.24) is 5.32 Å². The fourth-order valence-corrected chi connectivity index (χ4v) is 4.42. The van der Waals surface area contributed by atoms with Crippen molar-refractivity contribution in [3.63, 3.8) is 0 Å². The average molecular weight is 322 g/mol. The van der Waals surface area contributed by atoms with Crippen LogP contribution in [0.1, 0.15) is 28.7 Å². The molecule has 1 aromatic carbocycles. The molecule has 2 aromatic rings. The molecule has 18 heavy (non-hydrogen) atoms. The molecular formula is C15H16BrNS. The topological polar surface area (TPSA) is 12.0 Å². The summed E-state index contributed by atoms with van der Waals surface area (Å²) in [6.45, 7) is 2.22. The van der Waals surface area contributed by atoms with Crippen molar-refractivity contribution < 1.29 is 0 Å². The summed E-state index contributed by atoms with van der Waals surface area (Å²) in [4.78, 5) is 1.51. The van der Waals surface area contributed by atoms with Crippen molar-refractivity contribution in [3.8, 4) is 0 Å². The van der Waals surface area contributed by atoms with E-state index in [4.69, 9.17) is 0 Å². The molecule has 94 valence electrons. The SMILES string of the molecule is Brc1csc(C2CCNCC2c2ccccc2)c1. The Hall–Kier alpha value is -0.640. The van der Waals surface area contributed by atoms with Gasteiger partial charge in [0.25, 0.3) is 0 Å². The smallest absolute Gasteiger partial charge is 0.0285 e. The maximum absolute atomic E-state index is 3.57. The Labute approximate surface area is 120 Å². The van der Waals surface area contributed by atoms with Gasteiger partial charge >= 0.3 is 0 Å². The third kappa shape index (κ3) is 2.53. The number of halogens is 1. The number of hydrogen-bond acceptors (Lipinski definition) is 2. The van der Waals surface area contributed by atoms with Gasteiger partial charge < -0.3 is 5.32 Å². The van der Waals surface area contributed by atoms with E-state index in [9.17, 15) is 0 Å². The second kappa shape index (κ2) is 5.55. The number of hydrogen-bond donors (Lipinski definition) is 1. The van der Waals surface area contributed by atoms with Crippen molar-refractivity contribution in [2.45, 2.75) is 18.3 Å². The number of nitrogens with one attached hydrogen (secondary N) is 1. The van der Waals surface area contributed by atoms with Gasteiger partial charge in [-0.1, -0.05) is 30.3 Å². The van der Waals surface area contributed by atoms with Crippen molar-refractivity contribution >= 4 is 27.3 Å². The summed E-state index contributed by atoms with van der Waals surface area (Å²) >= 11 is 5.45. The second-order valence-electron chi connectivity index (χ2n) is 4.78. The highest BCUT2D eigenvalue weighted by atomic mass is 79.9. The average Bonchev–Trinajstić information content (AvgIpc) is 2.86. The van der Waals surface area contributed by atoms with E-state index in [1.807, 2.05) is 11.3 Å². The summed E-state index contributed by atoms with van der Waals surface area (Å²) < 4.78 is 1.22. The molecule has 0 saturated carbocycles. The molecule has 0 bridgehead atoms. The van der Waals surface area contributed by atoms with E-state index in [1.165, 1.54) is 21.3 Å². The maximum atomic E-state index is 3.57. The third-order valence-corrected chi connectivity index (χ3v) is 5.49. The monoisotopic (exact) mass is 321 g/mol. The minimum atomic E-state index is 0.602. The van der Waals surface area contributed by atoms with Crippen LogP contribution >= 0.6 is 27.3 Å². The Kier molecular flexibility index (Phi) is 3.83. The van der Waals surface area contributed by atoms with Crippen molar-refractivity contribution in [3.05, 3.63) is 56.7 Å². The molecule has 2 heterocycles. The summed E-state index contributed by atoms with van der Waals surface area (Å²) in [7, 11) is 0. The van der Waals surface area contributed by atoms with Crippen LogP contribution in [-0.2, 0) is 0 Å². The zero-order valence-electron chi connectivity index (χ0n) is 10.1. The minimum Gasteiger partial charge on any atom is -0.316 e. The van der Waals surface area contributed by atoms with E-state index in [2.05, 4.69) is 63.0 Å². The molecule has 1 aromatic heterocycles. The van der Waals surface area contributed by atoms with Gasteiger partial charge in [-0.25, -0.2) is 0 Å². The molecular weight excluding hydrogens is 306 g/mol. The highest BCUT2D eigenvalue weighted by molar-refractivity contribution is 9.10. The Bertz CT molecular complexity index is 508. The lowest BCUT2D eigenvalue weighted by molar-refractivity contribution is 0.408. The second-order valence-corrected chi connectivity index (χ2v) is 6.64. The highest BCUT2D eigenvalue weighted by Gasteiger charge is 2.28. The van der Waals surface area contributed by atoms with Crippen LogP contribution in [-0.4, -0.2) is 13.1 Å². The predicted molar refractivity (Wildman–Crippen MR) is 81.4 cm³/mol. The van der Waals surface area contributed by atoms with Crippen molar-refractivity contribution in [2.24, 2.45) is 0 Å². The van der Waals surface area contributed by atoms with Gasteiger partial charge in [0.1, 0.15) is 0 Å². The van der Waals surface area contributed by atoms with Crippen molar-refractivity contribution in [2.75, 3.05) is 13.1 Å². The maximum Gasteiger partial charge on any atom is 0.0285 e. The Morgan fingerprint density at radius 2 is 2.00 bits per heavy atom. The highest BCUT2D eigenvalue weighted by Crippen LogP contribution is 2.40. The number of thiophene rings is 1. The van der Waals surface area contributed by atoms with Gasteiger partial charge in [0.15, 0.2) is 0 Å². The fourth-order valence-electron chi connectivity index (χ4n) is 2.77. The largest absolute Gasteiger partial charge is 0.316 e. The zero-order valence-corrected chi connectivity index (χ0v) is 12.5. The zero-order chi connectivity index (χ0) is 12.4. The van der Waals surface area contributed by atoms with E-state index < -0.39 is 0 Å². The molecule has 1 aliphatic heterocycles. The molecule has 3 heteroatoms. The van der Waals surface area contributed by atoms with Gasteiger partial charge in [-0.05, 0) is 40.5 Å². The molecule has 2 atom stereocenters. The van der Waals surface area contributed by atoms with Crippen LogP contribution in [0.25, 0.3) is 0 Å². The quantitative estimate of drug-likeness (QED) is 0.866. The summed E-state index contributed by atoms with van der Waals surface area (Å²) in [6.07, 6.45) is 1.23. The molecule has 1 nitrogen and oxygen atoms in total. The molecule has 1 saturated heterocycles. The summed E-state index contributed by atoms with van der Waals surface area (Å²) in [5, 5.41) is 5.73. The molecule has 0 aliphatic carbocycles. The van der Waals surface area contributed by atoms with Crippen LogP contribution < -0.4 is 5.32 Å². The predicted octanol–water partition coefficient (Wildman–Crippen LogP) is 4.37. The van der Waals surface area contributed by atoms with Gasteiger partial charge in [0.2, 0.25) is 0 Å². The first-order valence-electron chi connectivity index (χ1n) is 6.34. The lowest BCUT2D eigenvalue weighted by Crippen LogP contribution is -2.33. The van der Waals surface area contributed by atoms with E-state index in [-0.39, 0.29) is 0 Å². The lowest BCUT2D eigenvalue weighted by atomic mass is 9.80. The van der Waals surface area contributed by atoms with Crippen LogP contribution in [0.4, 0.5) is 0 Å². The Morgan fingerprint density at radius 1 is 1.17 bits per heavy atom. The summed E-state index contributed by atoms with van der Waals surface area (Å²) in [5.74, 6) is 1.26. The molecule has 1 N–H and O–H groups in total. The van der Waals surface area contributed by atoms with E-state index in [0.717, 1.165) is 13.1 Å². The molecule has 1 aliphatic rings. The third-order valence-electron chi connectivity index (χ3n) is 3.66. The van der Waals surface area contributed by atoms with Crippen LogP contribution in [0.5, 0.6) is 0 Å². The molecule has 1 fully saturated rings. The Balaban J connectivity index is 1.91. The van der Waals surface area contributed by atoms with Gasteiger partial charge in [-0.3, -0.25) is 0 Å².